The fourth-order valence-corrected chi connectivity index (χ4v) is 2.80. The Morgan fingerprint density at radius 1 is 1.28 bits per heavy atom. The number of nitrogens with one attached hydrogen (secondary N) is 1. The van der Waals surface area contributed by atoms with E-state index in [1.54, 1.807) is 0 Å². The molecule has 1 fully saturated rings. The van der Waals surface area contributed by atoms with Gasteiger partial charge >= 0.3 is 0 Å². The summed E-state index contributed by atoms with van der Waals surface area (Å²) in [5, 5.41) is 3.63. The Hall–Kier alpha value is -0.340. The summed E-state index contributed by atoms with van der Waals surface area (Å²) >= 11 is 3.49. The maximum atomic E-state index is 3.63. The van der Waals surface area contributed by atoms with Crippen LogP contribution in [0.5, 0.6) is 0 Å². The molecule has 1 nitrogen and oxygen atoms in total. The first-order valence-corrected chi connectivity index (χ1v) is 7.57. The molecule has 1 aliphatic carbocycles. The molecule has 18 heavy (non-hydrogen) atoms. The molecule has 2 heteroatoms. The molecule has 0 saturated heterocycles. The van der Waals surface area contributed by atoms with Crippen molar-refractivity contribution in [3.8, 4) is 0 Å². The predicted octanol–water partition coefficient (Wildman–Crippen LogP) is 4.41. The van der Waals surface area contributed by atoms with Gasteiger partial charge in [-0.05, 0) is 69.2 Å². The summed E-state index contributed by atoms with van der Waals surface area (Å²) < 4.78 is 1.16. The van der Waals surface area contributed by atoms with Crippen molar-refractivity contribution in [1.82, 2.24) is 5.32 Å². The quantitative estimate of drug-likeness (QED) is 0.869. The topological polar surface area (TPSA) is 12.0 Å². The summed E-state index contributed by atoms with van der Waals surface area (Å²) in [6, 6.07) is 8.76. The molecule has 1 N–H and O–H groups in total. The fourth-order valence-electron chi connectivity index (χ4n) is 2.54. The molecule has 1 aromatic rings. The van der Waals surface area contributed by atoms with Gasteiger partial charge in [-0.25, -0.2) is 0 Å². The lowest BCUT2D eigenvalue weighted by atomic mass is 9.96. The SMILES string of the molecule is CC(C)(C)NCC1CC1(C)Cc1ccc(Br)cc1. The molecule has 0 aliphatic heterocycles. The van der Waals surface area contributed by atoms with E-state index in [0.29, 0.717) is 5.41 Å². The first-order chi connectivity index (χ1) is 8.28. The third-order valence-electron chi connectivity index (χ3n) is 3.94. The summed E-state index contributed by atoms with van der Waals surface area (Å²) in [6.45, 7) is 10.3. The Morgan fingerprint density at radius 3 is 2.44 bits per heavy atom. The van der Waals surface area contributed by atoms with Crippen molar-refractivity contribution in [3.63, 3.8) is 0 Å². The van der Waals surface area contributed by atoms with E-state index in [0.717, 1.165) is 16.9 Å². The predicted molar refractivity (Wildman–Crippen MR) is 81.8 cm³/mol. The second-order valence-corrected chi connectivity index (χ2v) is 7.90. The highest BCUT2D eigenvalue weighted by Crippen LogP contribution is 2.54. The van der Waals surface area contributed by atoms with E-state index < -0.39 is 0 Å². The highest BCUT2D eigenvalue weighted by Gasteiger charge is 2.49. The number of hydrogen-bond acceptors (Lipinski definition) is 1. The van der Waals surface area contributed by atoms with Crippen molar-refractivity contribution in [2.75, 3.05) is 6.54 Å². The molecular weight excluding hydrogens is 286 g/mol. The Kier molecular flexibility index (Phi) is 3.89. The van der Waals surface area contributed by atoms with Gasteiger partial charge in [0.05, 0.1) is 0 Å². The number of rotatable bonds is 4. The van der Waals surface area contributed by atoms with Gasteiger partial charge in [-0.15, -0.1) is 0 Å². The van der Waals surface area contributed by atoms with E-state index >= 15 is 0 Å². The van der Waals surface area contributed by atoms with Gasteiger partial charge in [0.25, 0.3) is 0 Å². The lowest BCUT2D eigenvalue weighted by molar-refractivity contribution is 0.387. The van der Waals surface area contributed by atoms with E-state index in [2.05, 4.69) is 73.2 Å². The van der Waals surface area contributed by atoms with Gasteiger partial charge in [0.15, 0.2) is 0 Å². The van der Waals surface area contributed by atoms with E-state index in [1.807, 2.05) is 0 Å². The highest BCUT2D eigenvalue weighted by molar-refractivity contribution is 9.10. The van der Waals surface area contributed by atoms with Crippen molar-refractivity contribution in [3.05, 3.63) is 34.3 Å². The Morgan fingerprint density at radius 2 is 1.89 bits per heavy atom. The molecule has 0 spiro atoms. The lowest BCUT2D eigenvalue weighted by Gasteiger charge is -2.21. The van der Waals surface area contributed by atoms with Crippen LogP contribution in [0, 0.1) is 11.3 Å². The molecule has 1 aromatic carbocycles. The van der Waals surface area contributed by atoms with Crippen molar-refractivity contribution in [2.45, 2.75) is 46.1 Å². The van der Waals surface area contributed by atoms with Crippen molar-refractivity contribution >= 4 is 15.9 Å². The van der Waals surface area contributed by atoms with Gasteiger partial charge in [-0.1, -0.05) is 35.0 Å². The molecule has 2 rings (SSSR count). The normalized spacial score (nSPS) is 27.3. The van der Waals surface area contributed by atoms with Crippen LogP contribution in [0.3, 0.4) is 0 Å². The van der Waals surface area contributed by atoms with Gasteiger partial charge in [-0.3, -0.25) is 0 Å². The lowest BCUT2D eigenvalue weighted by Crippen LogP contribution is -2.37. The monoisotopic (exact) mass is 309 g/mol. The Bertz CT molecular complexity index is 404. The number of halogens is 1. The van der Waals surface area contributed by atoms with Crippen LogP contribution in [0.15, 0.2) is 28.7 Å². The van der Waals surface area contributed by atoms with Crippen molar-refractivity contribution < 1.29 is 0 Å². The highest BCUT2D eigenvalue weighted by atomic mass is 79.9. The first kappa shape index (κ1) is 14.1. The number of benzene rings is 1. The Balaban J connectivity index is 1.86. The second kappa shape index (κ2) is 4.97. The zero-order chi connectivity index (χ0) is 13.4. The minimum absolute atomic E-state index is 0.237. The average molecular weight is 310 g/mol. The van der Waals surface area contributed by atoms with Crippen molar-refractivity contribution in [1.29, 1.82) is 0 Å². The van der Waals surface area contributed by atoms with Crippen LogP contribution < -0.4 is 5.32 Å². The zero-order valence-corrected chi connectivity index (χ0v) is 13.5. The largest absolute Gasteiger partial charge is 0.312 e. The third kappa shape index (κ3) is 3.83. The van der Waals surface area contributed by atoms with Crippen molar-refractivity contribution in [2.24, 2.45) is 11.3 Å². The van der Waals surface area contributed by atoms with Crippen LogP contribution >= 0.6 is 15.9 Å². The Labute approximate surface area is 119 Å². The minimum Gasteiger partial charge on any atom is -0.312 e. The second-order valence-electron chi connectivity index (χ2n) is 6.99. The molecule has 0 bridgehead atoms. The van der Waals surface area contributed by atoms with Gasteiger partial charge in [0.2, 0.25) is 0 Å². The molecular formula is C16H24BrN. The van der Waals surface area contributed by atoms with Crippen LogP contribution in [0.4, 0.5) is 0 Å². The number of hydrogen-bond donors (Lipinski definition) is 1. The maximum Gasteiger partial charge on any atom is 0.0175 e. The molecule has 0 aromatic heterocycles. The van der Waals surface area contributed by atoms with Crippen LogP contribution in [-0.2, 0) is 6.42 Å². The van der Waals surface area contributed by atoms with Crippen LogP contribution in [0.2, 0.25) is 0 Å². The maximum absolute atomic E-state index is 3.63. The molecule has 1 aliphatic rings. The molecule has 2 atom stereocenters. The summed E-state index contributed by atoms with van der Waals surface area (Å²) in [6.07, 6.45) is 2.56. The summed E-state index contributed by atoms with van der Waals surface area (Å²) in [4.78, 5) is 0. The molecule has 100 valence electrons. The summed E-state index contributed by atoms with van der Waals surface area (Å²) in [5.41, 5.74) is 2.20. The van der Waals surface area contributed by atoms with E-state index in [4.69, 9.17) is 0 Å². The third-order valence-corrected chi connectivity index (χ3v) is 4.47. The smallest absolute Gasteiger partial charge is 0.0175 e. The summed E-state index contributed by atoms with van der Waals surface area (Å²) in [7, 11) is 0. The van der Waals surface area contributed by atoms with E-state index in [1.165, 1.54) is 18.4 Å². The van der Waals surface area contributed by atoms with Crippen LogP contribution in [0.25, 0.3) is 0 Å². The first-order valence-electron chi connectivity index (χ1n) is 6.78. The van der Waals surface area contributed by atoms with Crippen LogP contribution in [-0.4, -0.2) is 12.1 Å². The van der Waals surface area contributed by atoms with E-state index in [9.17, 15) is 0 Å². The molecule has 0 amide bonds. The van der Waals surface area contributed by atoms with Gasteiger partial charge in [0.1, 0.15) is 0 Å². The average Bonchev–Trinajstić information content (AvgIpc) is 2.89. The van der Waals surface area contributed by atoms with Crippen LogP contribution in [0.1, 0.15) is 39.7 Å². The van der Waals surface area contributed by atoms with E-state index in [-0.39, 0.29) is 5.54 Å². The molecule has 2 unspecified atom stereocenters. The zero-order valence-electron chi connectivity index (χ0n) is 11.9. The molecule has 0 heterocycles. The van der Waals surface area contributed by atoms with Gasteiger partial charge in [-0.2, -0.15) is 0 Å². The molecule has 1 saturated carbocycles. The molecule has 0 radical (unpaired) electrons. The summed E-state index contributed by atoms with van der Waals surface area (Å²) in [5.74, 6) is 0.834. The fraction of sp³-hybridized carbons (Fsp3) is 0.625. The minimum atomic E-state index is 0.237. The standard InChI is InChI=1S/C16H24BrN/c1-15(2,3)18-11-13-10-16(13,4)9-12-5-7-14(17)8-6-12/h5-8,13,18H,9-11H2,1-4H3. The van der Waals surface area contributed by atoms with Gasteiger partial charge < -0.3 is 5.32 Å². The van der Waals surface area contributed by atoms with Gasteiger partial charge in [0, 0.05) is 10.0 Å².